The van der Waals surface area contributed by atoms with Crippen molar-refractivity contribution in [2.24, 2.45) is 23.0 Å². The minimum atomic E-state index is -4.23. The normalized spacial score (nSPS) is 31.0. The smallest absolute Gasteiger partial charge is 0.356 e. The van der Waals surface area contributed by atoms with Gasteiger partial charge in [-0.2, -0.15) is 13.2 Å². The van der Waals surface area contributed by atoms with Crippen molar-refractivity contribution < 1.29 is 18.0 Å². The highest BCUT2D eigenvalue weighted by Crippen LogP contribution is 2.44. The molecule has 0 aromatic carbocycles. The van der Waals surface area contributed by atoms with Crippen molar-refractivity contribution in [3.8, 4) is 0 Å². The number of alkyl halides is 3. The number of rotatable bonds is 3. The van der Waals surface area contributed by atoms with E-state index in [2.05, 4.69) is 5.32 Å². The Labute approximate surface area is 112 Å². The Balaban J connectivity index is 2.57. The number of nitrogens with two attached hydrogens (primary N) is 1. The van der Waals surface area contributed by atoms with E-state index in [4.69, 9.17) is 5.73 Å². The Morgan fingerprint density at radius 2 is 1.95 bits per heavy atom. The molecule has 19 heavy (non-hydrogen) atoms. The van der Waals surface area contributed by atoms with Crippen molar-refractivity contribution in [3.05, 3.63) is 0 Å². The number of halogens is 3. The number of carbonyl (C=O) groups is 1. The number of hydrogen-bond donors (Lipinski definition) is 2. The Hall–Kier alpha value is -0.780. The van der Waals surface area contributed by atoms with E-state index in [-0.39, 0.29) is 35.7 Å². The van der Waals surface area contributed by atoms with E-state index in [0.717, 1.165) is 6.42 Å². The van der Waals surface area contributed by atoms with Crippen LogP contribution >= 0.6 is 0 Å². The van der Waals surface area contributed by atoms with Crippen molar-refractivity contribution in [2.75, 3.05) is 6.54 Å². The Kier molecular flexibility index (Phi) is 4.87. The Morgan fingerprint density at radius 3 is 2.47 bits per heavy atom. The van der Waals surface area contributed by atoms with Gasteiger partial charge in [-0.3, -0.25) is 4.79 Å². The molecule has 0 aromatic rings. The summed E-state index contributed by atoms with van der Waals surface area (Å²) in [6.45, 7) is 5.57. The molecule has 0 radical (unpaired) electrons. The molecule has 1 rings (SSSR count). The van der Waals surface area contributed by atoms with E-state index < -0.39 is 12.6 Å². The Morgan fingerprint density at radius 1 is 1.37 bits per heavy atom. The zero-order valence-corrected chi connectivity index (χ0v) is 11.7. The molecule has 3 nitrogen and oxygen atoms in total. The first-order chi connectivity index (χ1) is 8.55. The average molecular weight is 280 g/mol. The van der Waals surface area contributed by atoms with Gasteiger partial charge in [-0.25, -0.2) is 0 Å². The van der Waals surface area contributed by atoms with Crippen LogP contribution in [0.15, 0.2) is 0 Å². The second-order valence-corrected chi connectivity index (χ2v) is 6.06. The van der Waals surface area contributed by atoms with Crippen molar-refractivity contribution in [2.45, 2.75) is 52.3 Å². The van der Waals surface area contributed by atoms with E-state index in [9.17, 15) is 18.0 Å². The maximum atomic E-state index is 12.0. The minimum absolute atomic E-state index is 0.0502. The highest BCUT2D eigenvalue weighted by molar-refractivity contribution is 5.79. The van der Waals surface area contributed by atoms with E-state index in [1.807, 2.05) is 20.8 Å². The lowest BCUT2D eigenvalue weighted by molar-refractivity contribution is -0.139. The molecule has 0 aromatic heterocycles. The molecule has 0 aliphatic heterocycles. The third-order valence-electron chi connectivity index (χ3n) is 4.53. The molecule has 0 saturated heterocycles. The van der Waals surface area contributed by atoms with Crippen molar-refractivity contribution in [1.29, 1.82) is 0 Å². The lowest BCUT2D eigenvalue weighted by Crippen LogP contribution is -2.51. The summed E-state index contributed by atoms with van der Waals surface area (Å²) in [6.07, 6.45) is -3.84. The maximum Gasteiger partial charge on any atom is 0.390 e. The molecule has 3 N–H and O–H groups in total. The topological polar surface area (TPSA) is 55.1 Å². The summed E-state index contributed by atoms with van der Waals surface area (Å²) in [5.41, 5.74) is 5.70. The van der Waals surface area contributed by atoms with Crippen LogP contribution in [0.5, 0.6) is 0 Å². The molecule has 3 unspecified atom stereocenters. The SMILES string of the molecule is CC1C(N)CCC(C(=O)NCCC(F)(F)F)C1(C)C. The van der Waals surface area contributed by atoms with Gasteiger partial charge in [-0.15, -0.1) is 0 Å². The molecule has 1 saturated carbocycles. The fourth-order valence-corrected chi connectivity index (χ4v) is 2.77. The molecule has 1 aliphatic rings. The van der Waals surface area contributed by atoms with Crippen molar-refractivity contribution >= 4 is 5.91 Å². The van der Waals surface area contributed by atoms with Crippen LogP contribution in [0, 0.1) is 17.3 Å². The van der Waals surface area contributed by atoms with Gasteiger partial charge in [-0.1, -0.05) is 20.8 Å². The summed E-state index contributed by atoms with van der Waals surface area (Å²) in [7, 11) is 0. The third-order valence-corrected chi connectivity index (χ3v) is 4.53. The highest BCUT2D eigenvalue weighted by atomic mass is 19.4. The molecule has 0 bridgehead atoms. The van der Waals surface area contributed by atoms with Gasteiger partial charge in [0.25, 0.3) is 0 Å². The van der Waals surface area contributed by atoms with Gasteiger partial charge in [0.2, 0.25) is 5.91 Å². The molecular weight excluding hydrogens is 257 g/mol. The monoisotopic (exact) mass is 280 g/mol. The molecule has 3 atom stereocenters. The molecule has 1 aliphatic carbocycles. The van der Waals surface area contributed by atoms with Crippen LogP contribution in [-0.4, -0.2) is 24.7 Å². The van der Waals surface area contributed by atoms with Gasteiger partial charge in [0.05, 0.1) is 6.42 Å². The molecule has 0 heterocycles. The fraction of sp³-hybridized carbons (Fsp3) is 0.923. The molecular formula is C13H23F3N2O. The van der Waals surface area contributed by atoms with Gasteiger partial charge in [0.15, 0.2) is 0 Å². The predicted molar refractivity (Wildman–Crippen MR) is 67.3 cm³/mol. The molecule has 1 amide bonds. The van der Waals surface area contributed by atoms with Crippen molar-refractivity contribution in [1.82, 2.24) is 5.32 Å². The van der Waals surface area contributed by atoms with Crippen LogP contribution in [0.3, 0.4) is 0 Å². The molecule has 6 heteroatoms. The molecule has 112 valence electrons. The second-order valence-electron chi connectivity index (χ2n) is 6.06. The third kappa shape index (κ3) is 4.09. The summed E-state index contributed by atoms with van der Waals surface area (Å²) in [4.78, 5) is 12.0. The van der Waals surface area contributed by atoms with Gasteiger partial charge in [-0.05, 0) is 24.2 Å². The number of hydrogen-bond acceptors (Lipinski definition) is 2. The first-order valence-corrected chi connectivity index (χ1v) is 6.65. The lowest BCUT2D eigenvalue weighted by Gasteiger charge is -2.46. The zero-order chi connectivity index (χ0) is 14.8. The van der Waals surface area contributed by atoms with Crippen LogP contribution in [0.25, 0.3) is 0 Å². The van der Waals surface area contributed by atoms with Crippen LogP contribution in [0.1, 0.15) is 40.0 Å². The van der Waals surface area contributed by atoms with Crippen molar-refractivity contribution in [3.63, 3.8) is 0 Å². The van der Waals surface area contributed by atoms with E-state index in [1.54, 1.807) is 0 Å². The summed E-state index contributed by atoms with van der Waals surface area (Å²) < 4.78 is 36.1. The van der Waals surface area contributed by atoms with Gasteiger partial charge < -0.3 is 11.1 Å². The van der Waals surface area contributed by atoms with Crippen LogP contribution in [-0.2, 0) is 4.79 Å². The van der Waals surface area contributed by atoms with Crippen LogP contribution in [0.4, 0.5) is 13.2 Å². The van der Waals surface area contributed by atoms with Gasteiger partial charge >= 0.3 is 6.18 Å². The minimum Gasteiger partial charge on any atom is -0.356 e. The second kappa shape index (κ2) is 5.69. The first-order valence-electron chi connectivity index (χ1n) is 6.65. The maximum absolute atomic E-state index is 12.0. The Bertz CT molecular complexity index is 328. The van der Waals surface area contributed by atoms with Crippen LogP contribution < -0.4 is 11.1 Å². The quantitative estimate of drug-likeness (QED) is 0.834. The van der Waals surface area contributed by atoms with E-state index >= 15 is 0 Å². The standard InChI is InChI=1S/C13H23F3N2O/c1-8-10(17)5-4-9(12(8,2)3)11(19)18-7-6-13(14,15)16/h8-10H,4-7,17H2,1-3H3,(H,18,19). The zero-order valence-electron chi connectivity index (χ0n) is 11.7. The van der Waals surface area contributed by atoms with Crippen LogP contribution in [0.2, 0.25) is 0 Å². The summed E-state index contributed by atoms with van der Waals surface area (Å²) in [6, 6.07) is 0.0502. The highest BCUT2D eigenvalue weighted by Gasteiger charge is 2.45. The van der Waals surface area contributed by atoms with E-state index in [0.29, 0.717) is 6.42 Å². The first kappa shape index (κ1) is 16.3. The van der Waals surface area contributed by atoms with Gasteiger partial charge in [0, 0.05) is 18.5 Å². The van der Waals surface area contributed by atoms with E-state index in [1.165, 1.54) is 0 Å². The van der Waals surface area contributed by atoms with Gasteiger partial charge in [0.1, 0.15) is 0 Å². The average Bonchev–Trinajstić information content (AvgIpc) is 2.24. The predicted octanol–water partition coefficient (Wildman–Crippen LogP) is 2.45. The molecule has 0 spiro atoms. The summed E-state index contributed by atoms with van der Waals surface area (Å²) in [5, 5.41) is 2.40. The number of amides is 1. The largest absolute Gasteiger partial charge is 0.390 e. The summed E-state index contributed by atoms with van der Waals surface area (Å²) in [5.74, 6) is -0.386. The lowest BCUT2D eigenvalue weighted by atomic mass is 9.61. The summed E-state index contributed by atoms with van der Waals surface area (Å²) >= 11 is 0. The number of nitrogens with one attached hydrogen (secondary N) is 1. The number of carbonyl (C=O) groups excluding carboxylic acids is 1. The molecule has 1 fully saturated rings. The fourth-order valence-electron chi connectivity index (χ4n) is 2.77.